The van der Waals surface area contributed by atoms with Crippen molar-refractivity contribution in [1.29, 1.82) is 0 Å². The Balaban J connectivity index is 1.35. The SMILES string of the molecule is CC=C(CCO)C(=O)OC1(C)CC2CCCCC2C(C2CCC(N)NC2)C12CC1CC3CC(CCCO)C(=O)OC3CC1O2. The van der Waals surface area contributed by atoms with Gasteiger partial charge in [-0.2, -0.15) is 0 Å². The molecule has 0 aromatic rings. The smallest absolute Gasteiger partial charge is 0.334 e. The molecule has 5 N–H and O–H groups in total. The Morgan fingerprint density at radius 1 is 1.02 bits per heavy atom. The molecule has 3 aliphatic heterocycles. The Kier molecular flexibility index (Phi) is 9.80. The van der Waals surface area contributed by atoms with Crippen LogP contribution in [0.15, 0.2) is 11.6 Å². The summed E-state index contributed by atoms with van der Waals surface area (Å²) >= 11 is 0. The van der Waals surface area contributed by atoms with Gasteiger partial charge in [0, 0.05) is 31.6 Å². The monoisotopic (exact) mass is 616 g/mol. The zero-order chi connectivity index (χ0) is 31.1. The summed E-state index contributed by atoms with van der Waals surface area (Å²) in [6, 6.07) is 0. The molecule has 3 aliphatic carbocycles. The molecule has 3 heterocycles. The molecule has 6 fully saturated rings. The van der Waals surface area contributed by atoms with Gasteiger partial charge in [0.1, 0.15) is 17.3 Å². The largest absolute Gasteiger partial charge is 0.462 e. The summed E-state index contributed by atoms with van der Waals surface area (Å²) in [6.07, 6.45) is 14.0. The third-order valence-corrected chi connectivity index (χ3v) is 12.8. The molecule has 1 spiro atoms. The summed E-state index contributed by atoms with van der Waals surface area (Å²) in [5, 5.41) is 22.6. The van der Waals surface area contributed by atoms with Gasteiger partial charge < -0.3 is 35.5 Å². The zero-order valence-electron chi connectivity index (χ0n) is 26.9. The molecule has 0 amide bonds. The van der Waals surface area contributed by atoms with Crippen molar-refractivity contribution in [3.05, 3.63) is 11.6 Å². The lowest BCUT2D eigenvalue weighted by atomic mass is 9.49. The molecule has 3 saturated heterocycles. The second kappa shape index (κ2) is 13.3. The first-order valence-electron chi connectivity index (χ1n) is 17.7. The predicted octanol–water partition coefficient (Wildman–Crippen LogP) is 3.99. The van der Waals surface area contributed by atoms with Gasteiger partial charge in [-0.25, -0.2) is 4.79 Å². The Morgan fingerprint density at radius 2 is 1.84 bits per heavy atom. The van der Waals surface area contributed by atoms with Gasteiger partial charge in [-0.15, -0.1) is 0 Å². The minimum absolute atomic E-state index is 0.0107. The van der Waals surface area contributed by atoms with Crippen molar-refractivity contribution in [2.24, 2.45) is 47.2 Å². The first kappa shape index (κ1) is 32.4. The van der Waals surface area contributed by atoms with E-state index in [2.05, 4.69) is 12.2 Å². The Hall–Kier alpha value is -1.52. The molecule has 12 unspecified atom stereocenters. The minimum Gasteiger partial charge on any atom is -0.462 e. The van der Waals surface area contributed by atoms with Crippen molar-refractivity contribution in [3.63, 3.8) is 0 Å². The van der Waals surface area contributed by atoms with Crippen LogP contribution in [0.2, 0.25) is 0 Å². The third kappa shape index (κ3) is 5.89. The number of carbonyl (C=O) groups excluding carboxylic acids is 2. The number of hydrogen-bond donors (Lipinski definition) is 4. The molecule has 9 nitrogen and oxygen atoms in total. The highest BCUT2D eigenvalue weighted by atomic mass is 16.6. The van der Waals surface area contributed by atoms with Gasteiger partial charge in [-0.3, -0.25) is 4.79 Å². The van der Waals surface area contributed by atoms with E-state index in [1.807, 2.05) is 6.92 Å². The van der Waals surface area contributed by atoms with Crippen molar-refractivity contribution in [1.82, 2.24) is 5.32 Å². The summed E-state index contributed by atoms with van der Waals surface area (Å²) in [7, 11) is 0. The van der Waals surface area contributed by atoms with Crippen molar-refractivity contribution in [2.45, 2.75) is 133 Å². The molecular weight excluding hydrogens is 560 g/mol. The topological polar surface area (TPSA) is 140 Å². The molecule has 0 bridgehead atoms. The molecule has 3 saturated carbocycles. The van der Waals surface area contributed by atoms with Crippen LogP contribution in [0.25, 0.3) is 0 Å². The van der Waals surface area contributed by atoms with Gasteiger partial charge in [0.15, 0.2) is 0 Å². The van der Waals surface area contributed by atoms with Gasteiger partial charge in [0.2, 0.25) is 0 Å². The van der Waals surface area contributed by atoms with E-state index in [4.69, 9.17) is 19.9 Å². The number of fused-ring (bicyclic) bond motifs is 3. The van der Waals surface area contributed by atoms with Crippen molar-refractivity contribution < 1.29 is 34.0 Å². The number of aliphatic hydroxyl groups is 2. The molecule has 0 aromatic carbocycles. The van der Waals surface area contributed by atoms with Crippen LogP contribution >= 0.6 is 0 Å². The number of piperidine rings is 1. The van der Waals surface area contributed by atoms with E-state index in [0.29, 0.717) is 54.4 Å². The molecule has 6 aliphatic rings. The number of hydrogen-bond acceptors (Lipinski definition) is 9. The molecule has 6 rings (SSSR count). The number of nitrogens with two attached hydrogens (primary N) is 1. The number of carbonyl (C=O) groups is 2. The third-order valence-electron chi connectivity index (χ3n) is 12.8. The summed E-state index contributed by atoms with van der Waals surface area (Å²) in [5.74, 6) is 1.59. The quantitative estimate of drug-likeness (QED) is 0.235. The number of rotatable bonds is 8. The highest BCUT2D eigenvalue weighted by Crippen LogP contribution is 2.64. The minimum atomic E-state index is -0.820. The number of aliphatic hydroxyl groups excluding tert-OH is 2. The van der Waals surface area contributed by atoms with Crippen LogP contribution in [-0.2, 0) is 23.8 Å². The van der Waals surface area contributed by atoms with Crippen LogP contribution in [0.3, 0.4) is 0 Å². The van der Waals surface area contributed by atoms with Crippen LogP contribution in [0.5, 0.6) is 0 Å². The van der Waals surface area contributed by atoms with Crippen LogP contribution in [-0.4, -0.2) is 71.5 Å². The maximum atomic E-state index is 13.8. The molecule has 0 radical (unpaired) electrons. The standard InChI is InChI=1S/C35H56N2O7/c1-3-21(12-14-39)33(41)44-34(2)18-23-7-4-5-9-27(23)31(24-10-11-30(36)37-20-24)35(34)19-26-16-25-15-22(8-6-13-38)32(40)42-28(25)17-29(26)43-35/h3,22-31,37-39H,4-20,36H2,1-2H3. The van der Waals surface area contributed by atoms with Crippen LogP contribution in [0.4, 0.5) is 0 Å². The van der Waals surface area contributed by atoms with E-state index in [9.17, 15) is 19.8 Å². The van der Waals surface area contributed by atoms with E-state index in [1.165, 1.54) is 19.3 Å². The maximum Gasteiger partial charge on any atom is 0.334 e. The van der Waals surface area contributed by atoms with Crippen LogP contribution in [0.1, 0.15) is 104 Å². The molecule has 248 valence electrons. The molecule has 44 heavy (non-hydrogen) atoms. The molecule has 9 heteroatoms. The fraction of sp³-hybridized carbons (Fsp3) is 0.886. The lowest BCUT2D eigenvalue weighted by Crippen LogP contribution is -2.68. The number of esters is 2. The highest BCUT2D eigenvalue weighted by molar-refractivity contribution is 5.88. The van der Waals surface area contributed by atoms with Gasteiger partial charge in [-0.05, 0) is 114 Å². The summed E-state index contributed by atoms with van der Waals surface area (Å²) < 4.78 is 20.3. The Morgan fingerprint density at radius 3 is 2.57 bits per heavy atom. The van der Waals surface area contributed by atoms with Crippen molar-refractivity contribution in [3.8, 4) is 0 Å². The number of allylic oxidation sites excluding steroid dienone is 1. The maximum absolute atomic E-state index is 13.8. The first-order chi connectivity index (χ1) is 21.2. The summed E-state index contributed by atoms with van der Waals surface area (Å²) in [6.45, 7) is 4.82. The lowest BCUT2D eigenvalue weighted by molar-refractivity contribution is -0.266. The van der Waals surface area contributed by atoms with Gasteiger partial charge in [-0.1, -0.05) is 25.3 Å². The van der Waals surface area contributed by atoms with Crippen molar-refractivity contribution in [2.75, 3.05) is 19.8 Å². The Bertz CT molecular complexity index is 1080. The second-order valence-electron chi connectivity index (χ2n) is 15.2. The van der Waals surface area contributed by atoms with Gasteiger partial charge in [0.25, 0.3) is 0 Å². The van der Waals surface area contributed by atoms with Crippen molar-refractivity contribution >= 4 is 11.9 Å². The van der Waals surface area contributed by atoms with Gasteiger partial charge >= 0.3 is 11.9 Å². The normalized spacial score (nSPS) is 45.7. The number of nitrogens with one attached hydrogen (secondary N) is 1. The van der Waals surface area contributed by atoms with Crippen LogP contribution < -0.4 is 11.1 Å². The fourth-order valence-corrected chi connectivity index (χ4v) is 10.8. The molecular formula is C35H56N2O7. The summed E-state index contributed by atoms with van der Waals surface area (Å²) in [4.78, 5) is 26.7. The fourth-order valence-electron chi connectivity index (χ4n) is 10.8. The highest BCUT2D eigenvalue weighted by Gasteiger charge is 2.70. The predicted molar refractivity (Wildman–Crippen MR) is 165 cm³/mol. The van der Waals surface area contributed by atoms with E-state index < -0.39 is 11.2 Å². The van der Waals surface area contributed by atoms with E-state index in [0.717, 1.165) is 51.5 Å². The first-order valence-corrected chi connectivity index (χ1v) is 17.7. The second-order valence-corrected chi connectivity index (χ2v) is 15.2. The molecule has 12 atom stereocenters. The lowest BCUT2D eigenvalue weighted by Gasteiger charge is -2.61. The zero-order valence-corrected chi connectivity index (χ0v) is 26.9. The average molecular weight is 617 g/mol. The average Bonchev–Trinajstić information content (AvgIpc) is 3.38. The number of ether oxygens (including phenoxy) is 3. The Labute approximate surface area is 263 Å². The molecule has 0 aromatic heterocycles. The summed E-state index contributed by atoms with van der Waals surface area (Å²) in [5.41, 5.74) is 5.37. The van der Waals surface area contributed by atoms with Crippen LogP contribution in [0, 0.1) is 41.4 Å². The van der Waals surface area contributed by atoms with E-state index in [1.54, 1.807) is 6.08 Å². The van der Waals surface area contributed by atoms with E-state index >= 15 is 0 Å². The van der Waals surface area contributed by atoms with Gasteiger partial charge in [0.05, 0.1) is 18.2 Å². The van der Waals surface area contributed by atoms with E-state index in [-0.39, 0.29) is 61.8 Å².